The summed E-state index contributed by atoms with van der Waals surface area (Å²) in [5.74, 6) is 3.74. The van der Waals surface area contributed by atoms with Crippen LogP contribution in [0.5, 0.6) is 0 Å². The fourth-order valence-corrected chi connectivity index (χ4v) is 1.18. The number of hydrogen-bond acceptors (Lipinski definition) is 1. The molecule has 0 aromatic carbocycles. The summed E-state index contributed by atoms with van der Waals surface area (Å²) < 4.78 is 5.60. The molecule has 1 atom stereocenters. The van der Waals surface area contributed by atoms with Crippen LogP contribution in [-0.2, 0) is 4.74 Å². The minimum absolute atomic E-state index is 0.341. The monoisotopic (exact) mass is 150 g/mol. The predicted molar refractivity (Wildman–Crippen MR) is 45.9 cm³/mol. The number of hydrogen-bond donors (Lipinski definition) is 0. The highest BCUT2D eigenvalue weighted by molar-refractivity contribution is 5.17. The van der Waals surface area contributed by atoms with Gasteiger partial charge in [0.15, 0.2) is 5.60 Å². The van der Waals surface area contributed by atoms with Gasteiger partial charge in [-0.05, 0) is 26.3 Å². The van der Waals surface area contributed by atoms with Crippen molar-refractivity contribution >= 4 is 0 Å². The molecule has 11 heavy (non-hydrogen) atoms. The molecule has 1 aliphatic rings. The second-order valence-corrected chi connectivity index (χ2v) is 3.40. The lowest BCUT2D eigenvalue weighted by Gasteiger charge is -2.16. The van der Waals surface area contributed by atoms with Gasteiger partial charge in [0.1, 0.15) is 0 Å². The first-order chi connectivity index (χ1) is 5.07. The molecule has 1 fully saturated rings. The molecule has 0 radical (unpaired) electrons. The van der Waals surface area contributed by atoms with Crippen molar-refractivity contribution in [2.45, 2.75) is 39.2 Å². The van der Waals surface area contributed by atoms with Crippen molar-refractivity contribution in [1.29, 1.82) is 0 Å². The minimum Gasteiger partial charge on any atom is -0.479 e. The van der Waals surface area contributed by atoms with E-state index in [-0.39, 0.29) is 5.60 Å². The SMILES string of the molecule is C#CC1(C)CCC(=C(C)C)O1. The Morgan fingerprint density at radius 1 is 1.64 bits per heavy atom. The first kappa shape index (κ1) is 8.20. The van der Waals surface area contributed by atoms with E-state index in [1.807, 2.05) is 6.92 Å². The third-order valence-corrected chi connectivity index (χ3v) is 2.04. The summed E-state index contributed by atoms with van der Waals surface area (Å²) in [6, 6.07) is 0. The van der Waals surface area contributed by atoms with Gasteiger partial charge in [0.25, 0.3) is 0 Å². The van der Waals surface area contributed by atoms with E-state index >= 15 is 0 Å². The molecule has 1 rings (SSSR count). The highest BCUT2D eigenvalue weighted by Gasteiger charge is 2.31. The molecule has 0 aromatic heterocycles. The first-order valence-corrected chi connectivity index (χ1v) is 3.90. The standard InChI is InChI=1S/C10H14O/c1-5-10(4)7-6-9(11-10)8(2)3/h1H,6-7H2,2-4H3. The van der Waals surface area contributed by atoms with Crippen molar-refractivity contribution < 1.29 is 4.74 Å². The van der Waals surface area contributed by atoms with Crippen LogP contribution >= 0.6 is 0 Å². The molecule has 0 N–H and O–H groups in total. The molecule has 1 aliphatic heterocycles. The lowest BCUT2D eigenvalue weighted by molar-refractivity contribution is 0.112. The fourth-order valence-electron chi connectivity index (χ4n) is 1.18. The van der Waals surface area contributed by atoms with Gasteiger partial charge in [0.2, 0.25) is 0 Å². The van der Waals surface area contributed by atoms with Crippen LogP contribution in [0.2, 0.25) is 0 Å². The topological polar surface area (TPSA) is 9.23 Å². The Balaban J connectivity index is 2.78. The van der Waals surface area contributed by atoms with Crippen LogP contribution in [0.1, 0.15) is 33.6 Å². The van der Waals surface area contributed by atoms with Gasteiger partial charge in [-0.1, -0.05) is 5.92 Å². The summed E-state index contributed by atoms with van der Waals surface area (Å²) in [4.78, 5) is 0. The number of allylic oxidation sites excluding steroid dienone is 2. The summed E-state index contributed by atoms with van der Waals surface area (Å²) in [7, 11) is 0. The molecule has 0 bridgehead atoms. The number of rotatable bonds is 0. The zero-order chi connectivity index (χ0) is 8.48. The molecule has 1 heterocycles. The van der Waals surface area contributed by atoms with Crippen LogP contribution in [0.4, 0.5) is 0 Å². The first-order valence-electron chi connectivity index (χ1n) is 3.90. The van der Waals surface area contributed by atoms with Gasteiger partial charge in [0, 0.05) is 12.8 Å². The van der Waals surface area contributed by atoms with Crippen LogP contribution in [0, 0.1) is 12.3 Å². The summed E-state index contributed by atoms with van der Waals surface area (Å²) in [6.07, 6.45) is 7.27. The summed E-state index contributed by atoms with van der Waals surface area (Å²) >= 11 is 0. The quantitative estimate of drug-likeness (QED) is 0.482. The van der Waals surface area contributed by atoms with Gasteiger partial charge in [-0.15, -0.1) is 6.42 Å². The lowest BCUT2D eigenvalue weighted by atomic mass is 10.0. The highest BCUT2D eigenvalue weighted by Crippen LogP contribution is 2.33. The van der Waals surface area contributed by atoms with E-state index in [1.54, 1.807) is 0 Å². The van der Waals surface area contributed by atoms with Gasteiger partial charge >= 0.3 is 0 Å². The van der Waals surface area contributed by atoms with Crippen molar-refractivity contribution in [3.63, 3.8) is 0 Å². The smallest absolute Gasteiger partial charge is 0.166 e. The Labute approximate surface area is 68.4 Å². The van der Waals surface area contributed by atoms with Crippen LogP contribution in [-0.4, -0.2) is 5.60 Å². The minimum atomic E-state index is -0.341. The van der Waals surface area contributed by atoms with E-state index in [2.05, 4.69) is 19.8 Å². The zero-order valence-electron chi connectivity index (χ0n) is 7.40. The van der Waals surface area contributed by atoms with Gasteiger partial charge in [0.05, 0.1) is 5.76 Å². The molecule has 1 unspecified atom stereocenters. The van der Waals surface area contributed by atoms with Crippen LogP contribution < -0.4 is 0 Å². The maximum Gasteiger partial charge on any atom is 0.166 e. The zero-order valence-corrected chi connectivity index (χ0v) is 7.40. The van der Waals surface area contributed by atoms with E-state index in [4.69, 9.17) is 11.2 Å². The third-order valence-electron chi connectivity index (χ3n) is 2.04. The molecule has 1 heteroatoms. The average Bonchev–Trinajstić information content (AvgIpc) is 2.33. The molecular weight excluding hydrogens is 136 g/mol. The normalized spacial score (nSPS) is 29.5. The second-order valence-electron chi connectivity index (χ2n) is 3.40. The molecule has 60 valence electrons. The highest BCUT2D eigenvalue weighted by atomic mass is 16.5. The van der Waals surface area contributed by atoms with Crippen molar-refractivity contribution in [2.75, 3.05) is 0 Å². The Hall–Kier alpha value is -0.900. The van der Waals surface area contributed by atoms with E-state index in [1.165, 1.54) is 5.57 Å². The number of ether oxygens (including phenoxy) is 1. The van der Waals surface area contributed by atoms with Crippen LogP contribution in [0.3, 0.4) is 0 Å². The van der Waals surface area contributed by atoms with Crippen LogP contribution in [0.25, 0.3) is 0 Å². The Kier molecular flexibility index (Phi) is 1.95. The Morgan fingerprint density at radius 2 is 2.27 bits per heavy atom. The van der Waals surface area contributed by atoms with Crippen molar-refractivity contribution in [3.05, 3.63) is 11.3 Å². The molecule has 1 nitrogen and oxygen atoms in total. The summed E-state index contributed by atoms with van der Waals surface area (Å²) in [5.41, 5.74) is 0.899. The van der Waals surface area contributed by atoms with E-state index in [9.17, 15) is 0 Å². The fraction of sp³-hybridized carbons (Fsp3) is 0.600. The molecule has 0 aliphatic carbocycles. The molecule has 0 spiro atoms. The largest absolute Gasteiger partial charge is 0.479 e. The number of terminal acetylenes is 1. The molecule has 0 aromatic rings. The lowest BCUT2D eigenvalue weighted by Crippen LogP contribution is -2.18. The van der Waals surface area contributed by atoms with Crippen LogP contribution in [0.15, 0.2) is 11.3 Å². The second kappa shape index (κ2) is 2.62. The van der Waals surface area contributed by atoms with Crippen molar-refractivity contribution in [3.8, 4) is 12.3 Å². The maximum atomic E-state index is 5.60. The predicted octanol–water partition coefficient (Wildman–Crippen LogP) is 2.48. The average molecular weight is 150 g/mol. The third kappa shape index (κ3) is 1.57. The van der Waals surface area contributed by atoms with Gasteiger partial charge < -0.3 is 4.74 Å². The molecule has 0 saturated carbocycles. The van der Waals surface area contributed by atoms with Crippen molar-refractivity contribution in [1.82, 2.24) is 0 Å². The molecule has 1 saturated heterocycles. The van der Waals surface area contributed by atoms with Gasteiger partial charge in [-0.3, -0.25) is 0 Å². The Bertz CT molecular complexity index is 228. The molecular formula is C10H14O. The Morgan fingerprint density at radius 3 is 2.55 bits per heavy atom. The van der Waals surface area contributed by atoms with Crippen molar-refractivity contribution in [2.24, 2.45) is 0 Å². The van der Waals surface area contributed by atoms with E-state index in [0.717, 1.165) is 18.6 Å². The van der Waals surface area contributed by atoms with E-state index in [0.29, 0.717) is 0 Å². The summed E-state index contributed by atoms with van der Waals surface area (Å²) in [5, 5.41) is 0. The maximum absolute atomic E-state index is 5.60. The summed E-state index contributed by atoms with van der Waals surface area (Å²) in [6.45, 7) is 6.07. The van der Waals surface area contributed by atoms with Gasteiger partial charge in [-0.2, -0.15) is 0 Å². The molecule has 0 amide bonds. The van der Waals surface area contributed by atoms with E-state index < -0.39 is 0 Å². The van der Waals surface area contributed by atoms with Gasteiger partial charge in [-0.25, -0.2) is 0 Å².